The average Bonchev–Trinajstić information content (AvgIpc) is 2.46. The molecule has 2 aromatic rings. The van der Waals surface area contributed by atoms with E-state index in [1.165, 1.54) is 13.3 Å². The lowest BCUT2D eigenvalue weighted by molar-refractivity contribution is 0.0600. The number of fused-ring (bicyclic) bond motifs is 3. The van der Waals surface area contributed by atoms with Crippen LogP contribution in [0.3, 0.4) is 0 Å². The van der Waals surface area contributed by atoms with Crippen LogP contribution in [0.25, 0.3) is 11.0 Å². The summed E-state index contributed by atoms with van der Waals surface area (Å²) in [6.07, 6.45) is 5.30. The average molecular weight is 258 g/mol. The summed E-state index contributed by atoms with van der Waals surface area (Å²) in [5, 5.41) is 0. The number of aryl methyl sites for hydroxylation is 1. The number of aromatic nitrogens is 2. The molecule has 1 aliphatic carbocycles. The summed E-state index contributed by atoms with van der Waals surface area (Å²) in [6.45, 7) is 0. The van der Waals surface area contributed by atoms with Crippen molar-refractivity contribution in [3.63, 3.8) is 0 Å². The van der Waals surface area contributed by atoms with E-state index in [1.54, 1.807) is 6.07 Å². The highest BCUT2D eigenvalue weighted by atomic mass is 16.5. The van der Waals surface area contributed by atoms with Gasteiger partial charge in [-0.1, -0.05) is 0 Å². The molecular weight excluding hydrogens is 244 g/mol. The minimum Gasteiger partial charge on any atom is -0.465 e. The number of nitrogens with zero attached hydrogens (tertiary/aromatic N) is 1. The van der Waals surface area contributed by atoms with E-state index < -0.39 is 5.97 Å². The summed E-state index contributed by atoms with van der Waals surface area (Å²) >= 11 is 0. The SMILES string of the molecule is COC(=O)c1cnc2c3c(c(=O)[nH]c2c1)CCCC3. The molecule has 0 amide bonds. The number of carbonyl (C=O) groups excluding carboxylic acids is 1. The lowest BCUT2D eigenvalue weighted by Gasteiger charge is -2.16. The summed E-state index contributed by atoms with van der Waals surface area (Å²) in [4.78, 5) is 30.7. The molecule has 0 spiro atoms. The maximum Gasteiger partial charge on any atom is 0.339 e. The van der Waals surface area contributed by atoms with Crippen molar-refractivity contribution in [1.82, 2.24) is 9.97 Å². The summed E-state index contributed by atoms with van der Waals surface area (Å²) in [5.41, 5.74) is 3.56. The van der Waals surface area contributed by atoms with Crippen LogP contribution in [0.4, 0.5) is 0 Å². The van der Waals surface area contributed by atoms with E-state index in [-0.39, 0.29) is 5.56 Å². The molecule has 0 saturated carbocycles. The van der Waals surface area contributed by atoms with E-state index in [9.17, 15) is 9.59 Å². The molecule has 0 atom stereocenters. The smallest absolute Gasteiger partial charge is 0.339 e. The molecule has 1 N–H and O–H groups in total. The van der Waals surface area contributed by atoms with E-state index >= 15 is 0 Å². The zero-order valence-electron chi connectivity index (χ0n) is 10.7. The van der Waals surface area contributed by atoms with Crippen LogP contribution in [-0.4, -0.2) is 23.0 Å². The molecule has 5 nitrogen and oxygen atoms in total. The fourth-order valence-corrected chi connectivity index (χ4v) is 2.64. The second kappa shape index (κ2) is 4.50. The van der Waals surface area contributed by atoms with Gasteiger partial charge >= 0.3 is 5.97 Å². The third-order valence-corrected chi connectivity index (χ3v) is 3.58. The standard InChI is InChI=1S/C14H14N2O3/c1-19-14(18)8-6-11-12(15-7-8)9-4-2-3-5-10(9)13(17)16-11/h6-7H,2-5H2,1H3,(H,16,17). The monoisotopic (exact) mass is 258 g/mol. The molecule has 0 unspecified atom stereocenters. The molecule has 0 saturated heterocycles. The van der Waals surface area contributed by atoms with E-state index in [1.807, 2.05) is 0 Å². The van der Waals surface area contributed by atoms with Gasteiger partial charge in [0, 0.05) is 11.8 Å². The van der Waals surface area contributed by atoms with Gasteiger partial charge in [0.2, 0.25) is 0 Å². The Hall–Kier alpha value is -2.17. The van der Waals surface area contributed by atoms with Gasteiger partial charge in [-0.15, -0.1) is 0 Å². The van der Waals surface area contributed by atoms with E-state index in [4.69, 9.17) is 0 Å². The van der Waals surface area contributed by atoms with Crippen molar-refractivity contribution in [2.45, 2.75) is 25.7 Å². The van der Waals surface area contributed by atoms with Crippen molar-refractivity contribution in [3.05, 3.63) is 39.3 Å². The first kappa shape index (κ1) is 11.9. The maximum absolute atomic E-state index is 12.0. The Bertz CT molecular complexity index is 718. The Morgan fingerprint density at radius 3 is 2.79 bits per heavy atom. The quantitative estimate of drug-likeness (QED) is 0.788. The minimum atomic E-state index is -0.451. The Morgan fingerprint density at radius 2 is 2.05 bits per heavy atom. The maximum atomic E-state index is 12.0. The predicted molar refractivity (Wildman–Crippen MR) is 70.3 cm³/mol. The van der Waals surface area contributed by atoms with Crippen molar-refractivity contribution < 1.29 is 9.53 Å². The normalized spacial score (nSPS) is 14.2. The Morgan fingerprint density at radius 1 is 1.32 bits per heavy atom. The lowest BCUT2D eigenvalue weighted by Crippen LogP contribution is -2.20. The highest BCUT2D eigenvalue weighted by Crippen LogP contribution is 2.24. The van der Waals surface area contributed by atoms with Gasteiger partial charge in [-0.2, -0.15) is 0 Å². The number of carbonyl (C=O) groups is 1. The highest BCUT2D eigenvalue weighted by molar-refractivity contribution is 5.93. The van der Waals surface area contributed by atoms with Gasteiger partial charge in [-0.3, -0.25) is 9.78 Å². The highest BCUT2D eigenvalue weighted by Gasteiger charge is 2.18. The van der Waals surface area contributed by atoms with Crippen LogP contribution in [0.15, 0.2) is 17.1 Å². The Labute approximate surface area is 109 Å². The van der Waals surface area contributed by atoms with Gasteiger partial charge in [0.05, 0.1) is 23.7 Å². The van der Waals surface area contributed by atoms with Crippen LogP contribution in [0, 0.1) is 0 Å². The Balaban J connectivity index is 2.26. The number of hydrogen-bond acceptors (Lipinski definition) is 4. The third kappa shape index (κ3) is 1.91. The molecule has 3 rings (SSSR count). The number of aromatic amines is 1. The molecular formula is C14H14N2O3. The van der Waals surface area contributed by atoms with Crippen LogP contribution in [0.5, 0.6) is 0 Å². The number of hydrogen-bond donors (Lipinski definition) is 1. The van der Waals surface area contributed by atoms with Gasteiger partial charge in [0.15, 0.2) is 0 Å². The molecule has 1 aliphatic rings. The second-order valence-corrected chi connectivity index (χ2v) is 4.73. The van der Waals surface area contributed by atoms with Crippen LogP contribution in [-0.2, 0) is 17.6 Å². The number of H-pyrrole nitrogens is 1. The molecule has 0 aromatic carbocycles. The summed E-state index contributed by atoms with van der Waals surface area (Å²) in [5.74, 6) is -0.451. The zero-order valence-corrected chi connectivity index (χ0v) is 10.7. The summed E-state index contributed by atoms with van der Waals surface area (Å²) in [6, 6.07) is 1.63. The zero-order chi connectivity index (χ0) is 13.4. The van der Waals surface area contributed by atoms with Crippen molar-refractivity contribution in [2.24, 2.45) is 0 Å². The number of pyridine rings is 2. The first-order valence-electron chi connectivity index (χ1n) is 6.33. The first-order valence-corrected chi connectivity index (χ1v) is 6.33. The number of esters is 1. The second-order valence-electron chi connectivity index (χ2n) is 4.73. The molecule has 0 fully saturated rings. The van der Waals surface area contributed by atoms with Gasteiger partial charge in [-0.25, -0.2) is 4.79 Å². The van der Waals surface area contributed by atoms with Crippen molar-refractivity contribution in [2.75, 3.05) is 7.11 Å². The number of rotatable bonds is 1. The first-order chi connectivity index (χ1) is 9.20. The van der Waals surface area contributed by atoms with Crippen LogP contribution in [0.1, 0.15) is 34.3 Å². The number of methoxy groups -OCH3 is 1. The molecule has 5 heteroatoms. The number of nitrogens with one attached hydrogen (secondary N) is 1. The van der Waals surface area contributed by atoms with E-state index in [0.29, 0.717) is 11.1 Å². The molecule has 19 heavy (non-hydrogen) atoms. The van der Waals surface area contributed by atoms with Gasteiger partial charge in [0.1, 0.15) is 0 Å². The molecule has 2 heterocycles. The van der Waals surface area contributed by atoms with Crippen molar-refractivity contribution >= 4 is 17.0 Å². The predicted octanol–water partition coefficient (Wildman–Crippen LogP) is 1.59. The van der Waals surface area contributed by atoms with Gasteiger partial charge in [0.25, 0.3) is 5.56 Å². The van der Waals surface area contributed by atoms with E-state index in [2.05, 4.69) is 14.7 Å². The molecule has 98 valence electrons. The molecule has 0 radical (unpaired) electrons. The fraction of sp³-hybridized carbons (Fsp3) is 0.357. The largest absolute Gasteiger partial charge is 0.465 e. The topological polar surface area (TPSA) is 72.0 Å². The van der Waals surface area contributed by atoms with Crippen LogP contribution < -0.4 is 5.56 Å². The van der Waals surface area contributed by atoms with Gasteiger partial charge in [-0.05, 0) is 37.3 Å². The summed E-state index contributed by atoms with van der Waals surface area (Å²) < 4.78 is 4.66. The summed E-state index contributed by atoms with van der Waals surface area (Å²) in [7, 11) is 1.32. The van der Waals surface area contributed by atoms with Crippen molar-refractivity contribution in [3.8, 4) is 0 Å². The number of ether oxygens (including phenoxy) is 1. The van der Waals surface area contributed by atoms with Crippen LogP contribution in [0.2, 0.25) is 0 Å². The molecule has 0 bridgehead atoms. The minimum absolute atomic E-state index is 0.0639. The third-order valence-electron chi connectivity index (χ3n) is 3.58. The fourth-order valence-electron chi connectivity index (χ4n) is 2.64. The Kier molecular flexibility index (Phi) is 2.81. The molecule has 2 aromatic heterocycles. The van der Waals surface area contributed by atoms with Gasteiger partial charge < -0.3 is 9.72 Å². The van der Waals surface area contributed by atoms with Crippen molar-refractivity contribution in [1.29, 1.82) is 0 Å². The molecule has 0 aliphatic heterocycles. The van der Waals surface area contributed by atoms with E-state index in [0.717, 1.165) is 42.3 Å². The lowest BCUT2D eigenvalue weighted by atomic mass is 9.91. The van der Waals surface area contributed by atoms with Crippen LogP contribution >= 0.6 is 0 Å².